The normalized spacial score (nSPS) is 13.5. The number of carbonyl (C=O) groups is 1. The minimum atomic E-state index is -0.177. The fraction of sp³-hybridized carbons (Fsp3) is 0.400. The van der Waals surface area contributed by atoms with Crippen molar-refractivity contribution in [2.24, 2.45) is 0 Å². The molecule has 1 aromatic carbocycles. The van der Waals surface area contributed by atoms with E-state index in [9.17, 15) is 4.79 Å². The van der Waals surface area contributed by atoms with Crippen LogP contribution in [0.4, 0.5) is 0 Å². The minimum absolute atomic E-state index is 0.0551. The minimum Gasteiger partial charge on any atom is -0.344 e. The third-order valence-corrected chi connectivity index (χ3v) is 4.85. The molecule has 0 aliphatic carbocycles. The molecule has 1 amide bonds. The number of carbonyl (C=O) groups excluding carboxylic acids is 1. The third kappa shape index (κ3) is 3.59. The fourth-order valence-corrected chi connectivity index (χ4v) is 3.04. The Kier molecular flexibility index (Phi) is 5.30. The molecule has 0 fully saturated rings. The first-order valence-corrected chi connectivity index (χ1v) is 9.11. The van der Waals surface area contributed by atoms with Crippen molar-refractivity contribution in [2.45, 2.75) is 52.5 Å². The van der Waals surface area contributed by atoms with Crippen LogP contribution in [-0.4, -0.2) is 25.5 Å². The summed E-state index contributed by atoms with van der Waals surface area (Å²) in [4.78, 5) is 21.2. The number of fused-ring (bicyclic) bond motifs is 1. The van der Waals surface area contributed by atoms with Crippen molar-refractivity contribution in [3.63, 3.8) is 0 Å². The van der Waals surface area contributed by atoms with Gasteiger partial charge in [0.1, 0.15) is 12.0 Å². The van der Waals surface area contributed by atoms with Crippen LogP contribution in [0.1, 0.15) is 72.9 Å². The fourth-order valence-electron chi connectivity index (χ4n) is 3.04. The molecule has 26 heavy (non-hydrogen) atoms. The zero-order valence-corrected chi connectivity index (χ0v) is 15.7. The number of nitrogens with one attached hydrogen (secondary N) is 1. The van der Waals surface area contributed by atoms with Crippen LogP contribution in [0.3, 0.4) is 0 Å². The van der Waals surface area contributed by atoms with E-state index in [2.05, 4.69) is 65.4 Å². The summed E-state index contributed by atoms with van der Waals surface area (Å²) in [5.41, 5.74) is 3.61. The Morgan fingerprint density at radius 2 is 1.85 bits per heavy atom. The van der Waals surface area contributed by atoms with Crippen molar-refractivity contribution in [2.75, 3.05) is 0 Å². The summed E-state index contributed by atoms with van der Waals surface area (Å²) < 4.78 is 1.47. The highest BCUT2D eigenvalue weighted by Crippen LogP contribution is 2.23. The van der Waals surface area contributed by atoms with Gasteiger partial charge in [-0.3, -0.25) is 4.79 Å². The summed E-state index contributed by atoms with van der Waals surface area (Å²) in [5.74, 6) is 0.795. The van der Waals surface area contributed by atoms with Gasteiger partial charge in [-0.05, 0) is 42.9 Å². The first-order valence-electron chi connectivity index (χ1n) is 9.11. The van der Waals surface area contributed by atoms with Crippen molar-refractivity contribution in [3.05, 3.63) is 59.2 Å². The average Bonchev–Trinajstić information content (AvgIpc) is 3.13. The number of aryl methyl sites for hydroxylation is 1. The van der Waals surface area contributed by atoms with Gasteiger partial charge in [-0.1, -0.05) is 45.0 Å². The first-order chi connectivity index (χ1) is 12.5. The topological polar surface area (TPSA) is 72.2 Å². The van der Waals surface area contributed by atoms with E-state index in [4.69, 9.17) is 0 Å². The van der Waals surface area contributed by atoms with Crippen LogP contribution in [0.15, 0.2) is 36.7 Å². The molecule has 0 saturated heterocycles. The lowest BCUT2D eigenvalue weighted by Gasteiger charge is -2.19. The summed E-state index contributed by atoms with van der Waals surface area (Å²) in [7, 11) is 0. The quantitative estimate of drug-likeness (QED) is 0.732. The predicted molar refractivity (Wildman–Crippen MR) is 101 cm³/mol. The largest absolute Gasteiger partial charge is 0.344 e. The van der Waals surface area contributed by atoms with Gasteiger partial charge in [-0.15, -0.1) is 0 Å². The second kappa shape index (κ2) is 7.64. The number of nitrogens with zero attached hydrogens (tertiary/aromatic N) is 4. The lowest BCUT2D eigenvalue weighted by molar-refractivity contribution is 0.0927. The Morgan fingerprint density at radius 3 is 2.50 bits per heavy atom. The van der Waals surface area contributed by atoms with Crippen LogP contribution < -0.4 is 5.32 Å². The van der Waals surface area contributed by atoms with Gasteiger partial charge >= 0.3 is 0 Å². The maximum absolute atomic E-state index is 12.8. The number of amides is 1. The standard InChI is InChI=1S/C20H25N5O/c1-5-13(3)15-7-9-16(10-8-15)17(6-2)24-19(26)18-11-14(4)23-20-21-12-22-25(18)20/h7-13,17H,5-6H2,1-4H3,(H,24,26). The molecule has 0 radical (unpaired) electrons. The Morgan fingerprint density at radius 1 is 1.15 bits per heavy atom. The molecule has 0 spiro atoms. The number of hydrogen-bond donors (Lipinski definition) is 1. The predicted octanol–water partition coefficient (Wildman–Crippen LogP) is 3.83. The van der Waals surface area contributed by atoms with E-state index in [1.54, 1.807) is 6.07 Å². The van der Waals surface area contributed by atoms with Crippen LogP contribution in [-0.2, 0) is 0 Å². The van der Waals surface area contributed by atoms with Gasteiger partial charge in [0.2, 0.25) is 0 Å². The summed E-state index contributed by atoms with van der Waals surface area (Å²) in [5, 5.41) is 7.23. The van der Waals surface area contributed by atoms with Crippen LogP contribution in [0.25, 0.3) is 5.78 Å². The Hall–Kier alpha value is -2.76. The zero-order chi connectivity index (χ0) is 18.7. The molecule has 3 aromatic rings. The average molecular weight is 351 g/mol. The molecule has 0 aliphatic heterocycles. The maximum Gasteiger partial charge on any atom is 0.270 e. The van der Waals surface area contributed by atoms with Gasteiger partial charge < -0.3 is 5.32 Å². The summed E-state index contributed by atoms with van der Waals surface area (Å²) >= 11 is 0. The molecule has 0 bridgehead atoms. The highest BCUT2D eigenvalue weighted by Gasteiger charge is 2.18. The number of hydrogen-bond acceptors (Lipinski definition) is 4. The molecule has 2 unspecified atom stereocenters. The SMILES string of the molecule is CCC(C)c1ccc(C(CC)NC(=O)c2cc(C)nc3ncnn23)cc1. The lowest BCUT2D eigenvalue weighted by Crippen LogP contribution is -2.30. The molecule has 1 N–H and O–H groups in total. The summed E-state index contributed by atoms with van der Waals surface area (Å²) in [6.45, 7) is 8.32. The van der Waals surface area contributed by atoms with Crippen molar-refractivity contribution < 1.29 is 4.79 Å². The second-order valence-electron chi connectivity index (χ2n) is 6.66. The number of rotatable bonds is 6. The zero-order valence-electron chi connectivity index (χ0n) is 15.7. The van der Waals surface area contributed by atoms with E-state index in [0.29, 0.717) is 17.4 Å². The number of aromatic nitrogens is 4. The Balaban J connectivity index is 1.83. The van der Waals surface area contributed by atoms with Gasteiger partial charge in [-0.2, -0.15) is 14.6 Å². The highest BCUT2D eigenvalue weighted by molar-refractivity contribution is 5.93. The molecule has 3 rings (SSSR count). The Bertz CT molecular complexity index is 900. The lowest BCUT2D eigenvalue weighted by atomic mass is 9.95. The monoisotopic (exact) mass is 351 g/mol. The molecule has 2 aromatic heterocycles. The maximum atomic E-state index is 12.8. The second-order valence-corrected chi connectivity index (χ2v) is 6.66. The molecule has 0 saturated carbocycles. The molecule has 136 valence electrons. The third-order valence-electron chi connectivity index (χ3n) is 4.85. The Labute approximate surface area is 153 Å². The van der Waals surface area contributed by atoms with Crippen LogP contribution in [0.2, 0.25) is 0 Å². The molecular formula is C20H25N5O. The molecule has 2 heterocycles. The van der Waals surface area contributed by atoms with Crippen molar-refractivity contribution in [1.82, 2.24) is 24.9 Å². The van der Waals surface area contributed by atoms with E-state index < -0.39 is 0 Å². The van der Waals surface area contributed by atoms with Gasteiger partial charge in [0.05, 0.1) is 6.04 Å². The van der Waals surface area contributed by atoms with Gasteiger partial charge in [0, 0.05) is 5.69 Å². The highest BCUT2D eigenvalue weighted by atomic mass is 16.2. The summed E-state index contributed by atoms with van der Waals surface area (Å²) in [6.07, 6.45) is 3.32. The van der Waals surface area contributed by atoms with Gasteiger partial charge in [0.15, 0.2) is 0 Å². The van der Waals surface area contributed by atoms with Crippen LogP contribution >= 0.6 is 0 Å². The van der Waals surface area contributed by atoms with Gasteiger partial charge in [-0.25, -0.2) is 4.98 Å². The number of benzene rings is 1. The van der Waals surface area contributed by atoms with E-state index in [0.717, 1.165) is 24.1 Å². The molecule has 0 aliphatic rings. The van der Waals surface area contributed by atoms with E-state index in [1.807, 2.05) is 6.92 Å². The smallest absolute Gasteiger partial charge is 0.270 e. The van der Waals surface area contributed by atoms with Gasteiger partial charge in [0.25, 0.3) is 11.7 Å². The van der Waals surface area contributed by atoms with E-state index in [1.165, 1.54) is 16.4 Å². The van der Waals surface area contributed by atoms with Crippen LogP contribution in [0, 0.1) is 6.92 Å². The first kappa shape index (κ1) is 18.0. The van der Waals surface area contributed by atoms with Crippen molar-refractivity contribution in [3.8, 4) is 0 Å². The summed E-state index contributed by atoms with van der Waals surface area (Å²) in [6, 6.07) is 10.2. The van der Waals surface area contributed by atoms with Crippen LogP contribution in [0.5, 0.6) is 0 Å². The van der Waals surface area contributed by atoms with Crippen molar-refractivity contribution >= 4 is 11.7 Å². The van der Waals surface area contributed by atoms with E-state index >= 15 is 0 Å². The van der Waals surface area contributed by atoms with Crippen molar-refractivity contribution in [1.29, 1.82) is 0 Å². The van der Waals surface area contributed by atoms with E-state index in [-0.39, 0.29) is 11.9 Å². The molecule has 6 heteroatoms. The molecule has 6 nitrogen and oxygen atoms in total. The molecule has 2 atom stereocenters. The molecular weight excluding hydrogens is 326 g/mol.